The summed E-state index contributed by atoms with van der Waals surface area (Å²) in [6.07, 6.45) is 5.47. The lowest BCUT2D eigenvalue weighted by Gasteiger charge is -2.41. The van der Waals surface area contributed by atoms with Gasteiger partial charge in [0.15, 0.2) is 0 Å². The number of nitrogens with two attached hydrogens (primary N) is 2. The number of rotatable bonds is 6. The molecule has 2 aromatic carbocycles. The topological polar surface area (TPSA) is 95.8 Å². The monoisotopic (exact) mass is 447 g/mol. The van der Waals surface area contributed by atoms with Crippen molar-refractivity contribution in [2.24, 2.45) is 16.5 Å². The number of thiazole rings is 1. The van der Waals surface area contributed by atoms with Crippen LogP contribution in [0.2, 0.25) is 0 Å². The SMILES string of the molecule is NC1=NC=CC(N)(CCCN2CCNCC2)N1c1cccc(-c2nc3ccccc3s2)c1. The van der Waals surface area contributed by atoms with E-state index in [-0.39, 0.29) is 0 Å². The fraction of sp³-hybridized carbons (Fsp3) is 0.333. The van der Waals surface area contributed by atoms with Crippen LogP contribution in [-0.4, -0.2) is 54.2 Å². The Morgan fingerprint density at radius 2 is 1.94 bits per heavy atom. The van der Waals surface area contributed by atoms with Crippen molar-refractivity contribution in [1.82, 2.24) is 15.2 Å². The number of piperazine rings is 1. The maximum Gasteiger partial charge on any atom is 0.202 e. The van der Waals surface area contributed by atoms with Crippen LogP contribution in [0.25, 0.3) is 20.8 Å². The van der Waals surface area contributed by atoms with Gasteiger partial charge >= 0.3 is 0 Å². The Morgan fingerprint density at radius 1 is 1.09 bits per heavy atom. The average molecular weight is 448 g/mol. The Kier molecular flexibility index (Phi) is 5.93. The normalized spacial score (nSPS) is 21.8. The maximum absolute atomic E-state index is 6.93. The van der Waals surface area contributed by atoms with E-state index in [1.807, 2.05) is 41.3 Å². The van der Waals surface area contributed by atoms with E-state index in [1.54, 1.807) is 17.5 Å². The van der Waals surface area contributed by atoms with Crippen LogP contribution in [0.5, 0.6) is 0 Å². The molecule has 1 saturated heterocycles. The van der Waals surface area contributed by atoms with Crippen molar-refractivity contribution in [2.75, 3.05) is 37.6 Å². The maximum atomic E-state index is 6.93. The summed E-state index contributed by atoms with van der Waals surface area (Å²) in [5, 5.41) is 4.38. The number of benzene rings is 2. The molecule has 0 aliphatic carbocycles. The highest BCUT2D eigenvalue weighted by molar-refractivity contribution is 7.21. The Morgan fingerprint density at radius 3 is 2.78 bits per heavy atom. The summed E-state index contributed by atoms with van der Waals surface area (Å²) >= 11 is 1.69. The van der Waals surface area contributed by atoms with Gasteiger partial charge in [-0.15, -0.1) is 11.3 Å². The van der Waals surface area contributed by atoms with Gasteiger partial charge in [-0.1, -0.05) is 24.3 Å². The first-order chi connectivity index (χ1) is 15.6. The Labute approximate surface area is 192 Å². The molecule has 0 saturated carbocycles. The van der Waals surface area contributed by atoms with Crippen molar-refractivity contribution < 1.29 is 0 Å². The minimum atomic E-state index is -0.716. The van der Waals surface area contributed by atoms with Crippen LogP contribution >= 0.6 is 11.3 Å². The number of para-hydroxylation sites is 1. The number of nitrogens with zero attached hydrogens (tertiary/aromatic N) is 4. The highest BCUT2D eigenvalue weighted by Crippen LogP contribution is 2.34. The predicted molar refractivity (Wildman–Crippen MR) is 134 cm³/mol. The molecule has 3 aromatic rings. The molecular weight excluding hydrogens is 418 g/mol. The molecule has 0 bridgehead atoms. The molecule has 0 radical (unpaired) electrons. The van der Waals surface area contributed by atoms with Crippen LogP contribution in [0.15, 0.2) is 65.8 Å². The van der Waals surface area contributed by atoms with E-state index in [4.69, 9.17) is 16.5 Å². The van der Waals surface area contributed by atoms with E-state index >= 15 is 0 Å². The highest BCUT2D eigenvalue weighted by atomic mass is 32.1. The van der Waals surface area contributed by atoms with Crippen molar-refractivity contribution in [2.45, 2.75) is 18.5 Å². The van der Waals surface area contributed by atoms with Crippen molar-refractivity contribution in [1.29, 1.82) is 0 Å². The van der Waals surface area contributed by atoms with Gasteiger partial charge in [-0.3, -0.25) is 4.90 Å². The molecule has 1 atom stereocenters. The summed E-state index contributed by atoms with van der Waals surface area (Å²) in [4.78, 5) is 13.6. The van der Waals surface area contributed by atoms with E-state index in [0.29, 0.717) is 5.96 Å². The third-order valence-corrected chi connectivity index (χ3v) is 7.21. The highest BCUT2D eigenvalue weighted by Gasteiger charge is 2.35. The van der Waals surface area contributed by atoms with Crippen LogP contribution in [0.1, 0.15) is 12.8 Å². The van der Waals surface area contributed by atoms with Crippen molar-refractivity contribution in [3.05, 3.63) is 60.8 Å². The van der Waals surface area contributed by atoms with Gasteiger partial charge < -0.3 is 21.7 Å². The quantitative estimate of drug-likeness (QED) is 0.538. The third kappa shape index (κ3) is 4.27. The predicted octanol–water partition coefficient (Wildman–Crippen LogP) is 2.95. The van der Waals surface area contributed by atoms with Gasteiger partial charge in [0.25, 0.3) is 0 Å². The number of hydrogen-bond acceptors (Lipinski definition) is 8. The molecule has 1 aromatic heterocycles. The van der Waals surface area contributed by atoms with E-state index < -0.39 is 5.66 Å². The number of fused-ring (bicyclic) bond motifs is 1. The molecule has 7 nitrogen and oxygen atoms in total. The standard InChI is InChI=1S/C24H29N7S/c25-23-28-11-10-24(26,9-4-14-30-15-12-27-13-16-30)31(23)19-6-3-5-18(17-19)22-29-20-7-1-2-8-21(20)32-22/h1-3,5-8,10-11,17,27H,4,9,12-16,26H2,(H2,25,28). The summed E-state index contributed by atoms with van der Waals surface area (Å²) < 4.78 is 1.18. The second-order valence-electron chi connectivity index (χ2n) is 8.36. The number of hydrogen-bond donors (Lipinski definition) is 3. The van der Waals surface area contributed by atoms with Gasteiger partial charge in [-0.2, -0.15) is 0 Å². The molecule has 1 unspecified atom stereocenters. The minimum Gasteiger partial charge on any atom is -0.369 e. The molecule has 2 aliphatic heterocycles. The van der Waals surface area contributed by atoms with Crippen molar-refractivity contribution >= 4 is 33.2 Å². The minimum absolute atomic E-state index is 0.415. The number of nitrogens with one attached hydrogen (secondary N) is 1. The molecule has 2 aliphatic rings. The van der Waals surface area contributed by atoms with Crippen LogP contribution < -0.4 is 21.7 Å². The van der Waals surface area contributed by atoms with E-state index in [2.05, 4.69) is 33.4 Å². The number of anilines is 1. The lowest BCUT2D eigenvalue weighted by Crippen LogP contribution is -2.61. The van der Waals surface area contributed by atoms with Gasteiger partial charge in [-0.05, 0) is 49.7 Å². The molecule has 0 amide bonds. The second-order valence-corrected chi connectivity index (χ2v) is 9.39. The molecule has 32 heavy (non-hydrogen) atoms. The first kappa shape index (κ1) is 21.1. The third-order valence-electron chi connectivity index (χ3n) is 6.12. The average Bonchev–Trinajstić information content (AvgIpc) is 3.24. The molecule has 8 heteroatoms. The van der Waals surface area contributed by atoms with Gasteiger partial charge in [0.1, 0.15) is 10.7 Å². The Hall–Kier alpha value is -2.78. The molecule has 5 rings (SSSR count). The van der Waals surface area contributed by atoms with Crippen LogP contribution in [-0.2, 0) is 0 Å². The zero-order valence-corrected chi connectivity index (χ0v) is 18.9. The molecule has 0 spiro atoms. The van der Waals surface area contributed by atoms with Gasteiger partial charge in [0, 0.05) is 43.6 Å². The largest absolute Gasteiger partial charge is 0.369 e. The molecule has 5 N–H and O–H groups in total. The molecule has 3 heterocycles. The number of aromatic nitrogens is 1. The van der Waals surface area contributed by atoms with Crippen molar-refractivity contribution in [3.63, 3.8) is 0 Å². The van der Waals surface area contributed by atoms with E-state index in [1.165, 1.54) is 4.70 Å². The first-order valence-corrected chi connectivity index (χ1v) is 11.9. The fourth-order valence-electron chi connectivity index (χ4n) is 4.45. The first-order valence-electron chi connectivity index (χ1n) is 11.1. The molecule has 166 valence electrons. The summed E-state index contributed by atoms with van der Waals surface area (Å²) in [6, 6.07) is 16.5. The second kappa shape index (κ2) is 8.99. The summed E-state index contributed by atoms with van der Waals surface area (Å²) in [5.41, 5.74) is 15.6. The van der Waals surface area contributed by atoms with Crippen LogP contribution in [0, 0.1) is 0 Å². The van der Waals surface area contributed by atoms with Crippen molar-refractivity contribution in [3.8, 4) is 10.6 Å². The van der Waals surface area contributed by atoms with Gasteiger partial charge in [0.05, 0.1) is 10.2 Å². The summed E-state index contributed by atoms with van der Waals surface area (Å²) in [7, 11) is 0. The van der Waals surface area contributed by atoms with E-state index in [9.17, 15) is 0 Å². The lowest BCUT2D eigenvalue weighted by molar-refractivity contribution is 0.231. The smallest absolute Gasteiger partial charge is 0.202 e. The molecule has 1 fully saturated rings. The van der Waals surface area contributed by atoms with Crippen LogP contribution in [0.3, 0.4) is 0 Å². The lowest BCUT2D eigenvalue weighted by atomic mass is 9.99. The van der Waals surface area contributed by atoms with Crippen LogP contribution in [0.4, 0.5) is 5.69 Å². The van der Waals surface area contributed by atoms with Gasteiger partial charge in [-0.25, -0.2) is 9.98 Å². The summed E-state index contributed by atoms with van der Waals surface area (Å²) in [6.45, 7) is 5.32. The number of aliphatic imine (C=N–C) groups is 1. The Balaban J connectivity index is 1.39. The summed E-state index contributed by atoms with van der Waals surface area (Å²) in [5.74, 6) is 0.415. The zero-order valence-electron chi connectivity index (χ0n) is 18.1. The fourth-order valence-corrected chi connectivity index (χ4v) is 5.41. The van der Waals surface area contributed by atoms with Gasteiger partial charge in [0.2, 0.25) is 5.96 Å². The number of guanidine groups is 1. The van der Waals surface area contributed by atoms with E-state index in [0.717, 1.165) is 67.3 Å². The molecular formula is C24H29N7S. The zero-order chi connectivity index (χ0) is 22.0. The Bertz CT molecular complexity index is 1110.